The second-order valence-corrected chi connectivity index (χ2v) is 6.00. The minimum absolute atomic E-state index is 0.0997. The molecule has 0 bridgehead atoms. The Morgan fingerprint density at radius 3 is 2.71 bits per heavy atom. The van der Waals surface area contributed by atoms with Crippen molar-refractivity contribution < 1.29 is 0 Å². The lowest BCUT2D eigenvalue weighted by molar-refractivity contribution is 0.640. The number of rotatable bonds is 4. The van der Waals surface area contributed by atoms with E-state index < -0.39 is 0 Å². The van der Waals surface area contributed by atoms with Crippen LogP contribution in [-0.2, 0) is 6.54 Å². The van der Waals surface area contributed by atoms with Crippen LogP contribution in [0.15, 0.2) is 35.8 Å². The van der Waals surface area contributed by atoms with Crippen LogP contribution in [0.1, 0.15) is 29.9 Å². The summed E-state index contributed by atoms with van der Waals surface area (Å²) in [5, 5.41) is 11.2. The first-order valence-corrected chi connectivity index (χ1v) is 7.67. The number of thiazole rings is 1. The molecule has 1 unspecified atom stereocenters. The van der Waals surface area contributed by atoms with E-state index in [4.69, 9.17) is 5.73 Å². The van der Waals surface area contributed by atoms with Crippen LogP contribution in [0.2, 0.25) is 0 Å². The van der Waals surface area contributed by atoms with Gasteiger partial charge < -0.3 is 5.73 Å². The van der Waals surface area contributed by atoms with Crippen LogP contribution >= 0.6 is 11.3 Å². The SMILES string of the molecule is Cc1ccc(-c2nc(Cn3cc(C(C)N)nn3)cs2)cc1. The van der Waals surface area contributed by atoms with Gasteiger partial charge in [-0.15, -0.1) is 16.4 Å². The molecule has 0 saturated carbocycles. The molecule has 0 aliphatic carbocycles. The van der Waals surface area contributed by atoms with Crippen molar-refractivity contribution in [2.75, 3.05) is 0 Å². The van der Waals surface area contributed by atoms with E-state index >= 15 is 0 Å². The van der Waals surface area contributed by atoms with E-state index in [-0.39, 0.29) is 6.04 Å². The third-order valence-corrected chi connectivity index (χ3v) is 4.14. The normalized spacial score (nSPS) is 12.5. The monoisotopic (exact) mass is 299 g/mol. The standard InChI is InChI=1S/C15H17N5S/c1-10-3-5-12(6-4-10)15-17-13(9-21-15)7-20-8-14(11(2)16)18-19-20/h3-6,8-9,11H,7,16H2,1-2H3. The minimum Gasteiger partial charge on any atom is -0.323 e. The second kappa shape index (κ2) is 5.75. The summed E-state index contributed by atoms with van der Waals surface area (Å²) in [7, 11) is 0. The number of hydrogen-bond donors (Lipinski definition) is 1. The fourth-order valence-electron chi connectivity index (χ4n) is 1.97. The predicted octanol–water partition coefficient (Wildman–Crippen LogP) is 2.78. The molecule has 6 heteroatoms. The summed E-state index contributed by atoms with van der Waals surface area (Å²) in [4.78, 5) is 4.66. The molecule has 2 N–H and O–H groups in total. The lowest BCUT2D eigenvalue weighted by atomic mass is 10.2. The highest BCUT2D eigenvalue weighted by molar-refractivity contribution is 7.13. The average molecular weight is 299 g/mol. The highest BCUT2D eigenvalue weighted by Crippen LogP contribution is 2.24. The fourth-order valence-corrected chi connectivity index (χ4v) is 2.79. The van der Waals surface area contributed by atoms with E-state index in [9.17, 15) is 0 Å². The molecule has 5 nitrogen and oxygen atoms in total. The molecule has 0 aliphatic rings. The van der Waals surface area contributed by atoms with Crippen molar-refractivity contribution in [3.63, 3.8) is 0 Å². The summed E-state index contributed by atoms with van der Waals surface area (Å²) in [6.45, 7) is 4.59. The van der Waals surface area contributed by atoms with E-state index in [1.807, 2.05) is 13.1 Å². The maximum Gasteiger partial charge on any atom is 0.123 e. The molecule has 2 aromatic heterocycles. The van der Waals surface area contributed by atoms with Crippen LogP contribution in [0.5, 0.6) is 0 Å². The third kappa shape index (κ3) is 3.17. The van der Waals surface area contributed by atoms with Crippen LogP contribution in [-0.4, -0.2) is 20.0 Å². The summed E-state index contributed by atoms with van der Waals surface area (Å²) in [6.07, 6.45) is 1.87. The van der Waals surface area contributed by atoms with Gasteiger partial charge in [0.15, 0.2) is 0 Å². The van der Waals surface area contributed by atoms with Gasteiger partial charge in [-0.2, -0.15) is 0 Å². The minimum atomic E-state index is -0.0997. The highest BCUT2D eigenvalue weighted by atomic mass is 32.1. The van der Waals surface area contributed by atoms with Crippen molar-refractivity contribution in [2.45, 2.75) is 26.4 Å². The van der Waals surface area contributed by atoms with Gasteiger partial charge in [-0.25, -0.2) is 9.67 Å². The predicted molar refractivity (Wildman–Crippen MR) is 84.0 cm³/mol. The summed E-state index contributed by atoms with van der Waals surface area (Å²) in [5.74, 6) is 0. The van der Waals surface area contributed by atoms with Crippen molar-refractivity contribution in [2.24, 2.45) is 5.73 Å². The van der Waals surface area contributed by atoms with Crippen LogP contribution < -0.4 is 5.73 Å². The first-order valence-electron chi connectivity index (χ1n) is 6.79. The molecular formula is C15H17N5S. The topological polar surface area (TPSA) is 69.6 Å². The zero-order valence-electron chi connectivity index (χ0n) is 12.0. The van der Waals surface area contributed by atoms with Gasteiger partial charge in [0.1, 0.15) is 5.01 Å². The Morgan fingerprint density at radius 2 is 2.05 bits per heavy atom. The van der Waals surface area contributed by atoms with E-state index in [2.05, 4.69) is 51.9 Å². The molecule has 0 radical (unpaired) electrons. The zero-order chi connectivity index (χ0) is 14.8. The fraction of sp³-hybridized carbons (Fsp3) is 0.267. The molecule has 2 heterocycles. The molecule has 3 aromatic rings. The van der Waals surface area contributed by atoms with Crippen LogP contribution in [0.3, 0.4) is 0 Å². The molecule has 0 amide bonds. The Labute approximate surface area is 127 Å². The highest BCUT2D eigenvalue weighted by Gasteiger charge is 2.08. The molecule has 1 aromatic carbocycles. The largest absolute Gasteiger partial charge is 0.323 e. The van der Waals surface area contributed by atoms with E-state index in [0.29, 0.717) is 6.54 Å². The van der Waals surface area contributed by atoms with Gasteiger partial charge in [0.2, 0.25) is 0 Å². The van der Waals surface area contributed by atoms with Crippen molar-refractivity contribution >= 4 is 11.3 Å². The lowest BCUT2D eigenvalue weighted by Gasteiger charge is -1.98. The first-order chi connectivity index (χ1) is 10.1. The molecule has 0 saturated heterocycles. The molecule has 0 spiro atoms. The Hall–Kier alpha value is -2.05. The molecule has 0 fully saturated rings. The van der Waals surface area contributed by atoms with Crippen molar-refractivity contribution in [1.29, 1.82) is 0 Å². The number of benzene rings is 1. The van der Waals surface area contributed by atoms with E-state index in [1.165, 1.54) is 5.56 Å². The maximum atomic E-state index is 5.78. The summed E-state index contributed by atoms with van der Waals surface area (Å²) in [5.41, 5.74) is 9.96. The summed E-state index contributed by atoms with van der Waals surface area (Å²) >= 11 is 1.64. The molecule has 0 aliphatic heterocycles. The third-order valence-electron chi connectivity index (χ3n) is 3.20. The number of hydrogen-bond acceptors (Lipinski definition) is 5. The molecule has 1 atom stereocenters. The number of aromatic nitrogens is 4. The molecular weight excluding hydrogens is 282 g/mol. The lowest BCUT2D eigenvalue weighted by Crippen LogP contribution is -2.05. The Kier molecular flexibility index (Phi) is 3.81. The summed E-state index contributed by atoms with van der Waals surface area (Å²) < 4.78 is 1.77. The maximum absolute atomic E-state index is 5.78. The zero-order valence-corrected chi connectivity index (χ0v) is 12.8. The van der Waals surface area contributed by atoms with Crippen LogP contribution in [0, 0.1) is 6.92 Å². The number of nitrogens with two attached hydrogens (primary N) is 1. The van der Waals surface area contributed by atoms with E-state index in [0.717, 1.165) is 22.0 Å². The molecule has 3 rings (SSSR count). The van der Waals surface area contributed by atoms with E-state index in [1.54, 1.807) is 16.0 Å². The van der Waals surface area contributed by atoms with Crippen molar-refractivity contribution in [3.05, 3.63) is 52.8 Å². The quantitative estimate of drug-likeness (QED) is 0.804. The van der Waals surface area contributed by atoms with Gasteiger partial charge in [-0.1, -0.05) is 35.0 Å². The van der Waals surface area contributed by atoms with Crippen LogP contribution in [0.4, 0.5) is 0 Å². The first kappa shape index (κ1) is 13.9. The van der Waals surface area contributed by atoms with Gasteiger partial charge in [-0.05, 0) is 13.8 Å². The Bertz CT molecular complexity index is 727. The van der Waals surface area contributed by atoms with Gasteiger partial charge in [-0.3, -0.25) is 0 Å². The van der Waals surface area contributed by atoms with Crippen molar-refractivity contribution in [1.82, 2.24) is 20.0 Å². The van der Waals surface area contributed by atoms with Crippen LogP contribution in [0.25, 0.3) is 10.6 Å². The van der Waals surface area contributed by atoms with Gasteiger partial charge in [0, 0.05) is 17.0 Å². The molecule has 21 heavy (non-hydrogen) atoms. The average Bonchev–Trinajstić information content (AvgIpc) is 3.10. The molecule has 108 valence electrons. The second-order valence-electron chi connectivity index (χ2n) is 5.14. The number of nitrogens with zero attached hydrogens (tertiary/aromatic N) is 4. The summed E-state index contributed by atoms with van der Waals surface area (Å²) in [6, 6.07) is 8.30. The van der Waals surface area contributed by atoms with Crippen molar-refractivity contribution in [3.8, 4) is 10.6 Å². The smallest absolute Gasteiger partial charge is 0.123 e. The van der Waals surface area contributed by atoms with Gasteiger partial charge >= 0.3 is 0 Å². The van der Waals surface area contributed by atoms with Gasteiger partial charge in [0.05, 0.1) is 24.1 Å². The Morgan fingerprint density at radius 1 is 1.29 bits per heavy atom. The van der Waals surface area contributed by atoms with Gasteiger partial charge in [0.25, 0.3) is 0 Å². The number of aryl methyl sites for hydroxylation is 1. The Balaban J connectivity index is 1.76.